The van der Waals surface area contributed by atoms with Gasteiger partial charge in [-0.15, -0.1) is 0 Å². The molecular weight excluding hydrogens is 358 g/mol. The van der Waals surface area contributed by atoms with E-state index >= 15 is 0 Å². The number of benzene rings is 2. The molecule has 1 heterocycles. The van der Waals surface area contributed by atoms with E-state index in [1.54, 1.807) is 41.3 Å². The van der Waals surface area contributed by atoms with E-state index in [4.69, 9.17) is 15.2 Å². The smallest absolute Gasteiger partial charge is 0.256 e. The van der Waals surface area contributed by atoms with Crippen LogP contribution in [-0.4, -0.2) is 50.1 Å². The summed E-state index contributed by atoms with van der Waals surface area (Å²) in [5, 5.41) is 2.83. The molecule has 0 spiro atoms. The standard InChI is InChI=1S/C21H25N3O4/c1-27-18-12-16(21(26)24-10-8-15(22)9-11-24)17(13-19(18)28-2)23-20(25)14-6-4-3-5-7-14/h3-7,12-13,15H,8-11,22H2,1-2H3,(H,23,25). The van der Waals surface area contributed by atoms with E-state index in [0.717, 1.165) is 12.8 Å². The Labute approximate surface area is 164 Å². The van der Waals surface area contributed by atoms with Crippen LogP contribution < -0.4 is 20.5 Å². The Kier molecular flexibility index (Phi) is 6.16. The largest absolute Gasteiger partial charge is 0.493 e. The molecule has 0 aromatic heterocycles. The van der Waals surface area contributed by atoms with Crippen LogP contribution in [0.25, 0.3) is 0 Å². The number of methoxy groups -OCH3 is 2. The van der Waals surface area contributed by atoms with Gasteiger partial charge in [0, 0.05) is 30.8 Å². The second-order valence-electron chi connectivity index (χ2n) is 6.70. The SMILES string of the molecule is COc1cc(NC(=O)c2ccccc2)c(C(=O)N2CCC(N)CC2)cc1OC. The molecule has 148 valence electrons. The zero-order valence-electron chi connectivity index (χ0n) is 16.1. The predicted octanol–water partition coefficient (Wildman–Crippen LogP) is 2.52. The minimum atomic E-state index is -0.303. The van der Waals surface area contributed by atoms with Crippen LogP contribution >= 0.6 is 0 Å². The lowest BCUT2D eigenvalue weighted by Crippen LogP contribution is -2.43. The molecule has 1 fully saturated rings. The van der Waals surface area contributed by atoms with Crippen molar-refractivity contribution in [2.75, 3.05) is 32.6 Å². The van der Waals surface area contributed by atoms with Crippen LogP contribution in [-0.2, 0) is 0 Å². The summed E-state index contributed by atoms with van der Waals surface area (Å²) >= 11 is 0. The summed E-state index contributed by atoms with van der Waals surface area (Å²) in [6.07, 6.45) is 1.51. The van der Waals surface area contributed by atoms with Gasteiger partial charge in [-0.1, -0.05) is 18.2 Å². The molecule has 1 aliphatic rings. The quantitative estimate of drug-likeness (QED) is 0.827. The second-order valence-corrected chi connectivity index (χ2v) is 6.70. The number of likely N-dealkylation sites (tertiary alicyclic amines) is 1. The summed E-state index contributed by atoms with van der Waals surface area (Å²) in [6.45, 7) is 1.17. The number of carbonyl (C=O) groups excluding carboxylic acids is 2. The Morgan fingerprint density at radius 1 is 1.04 bits per heavy atom. The summed E-state index contributed by atoms with van der Waals surface area (Å²) in [5.41, 5.74) is 7.19. The van der Waals surface area contributed by atoms with Crippen molar-refractivity contribution >= 4 is 17.5 Å². The monoisotopic (exact) mass is 383 g/mol. The first kappa shape index (κ1) is 19.7. The number of nitrogens with two attached hydrogens (primary N) is 1. The number of nitrogens with one attached hydrogen (secondary N) is 1. The van der Waals surface area contributed by atoms with E-state index in [0.29, 0.717) is 41.4 Å². The van der Waals surface area contributed by atoms with E-state index in [2.05, 4.69) is 5.32 Å². The molecule has 1 saturated heterocycles. The fourth-order valence-electron chi connectivity index (χ4n) is 3.22. The van der Waals surface area contributed by atoms with Crippen LogP contribution in [0.4, 0.5) is 5.69 Å². The zero-order valence-corrected chi connectivity index (χ0v) is 16.1. The first-order valence-corrected chi connectivity index (χ1v) is 9.20. The second kappa shape index (κ2) is 8.75. The van der Waals surface area contributed by atoms with Gasteiger partial charge < -0.3 is 25.4 Å². The fraction of sp³-hybridized carbons (Fsp3) is 0.333. The highest BCUT2D eigenvalue weighted by Gasteiger charge is 2.26. The molecule has 0 bridgehead atoms. The van der Waals surface area contributed by atoms with Gasteiger partial charge >= 0.3 is 0 Å². The summed E-state index contributed by atoms with van der Waals surface area (Å²) < 4.78 is 10.7. The van der Waals surface area contributed by atoms with E-state index in [-0.39, 0.29) is 17.9 Å². The number of piperidine rings is 1. The van der Waals surface area contributed by atoms with E-state index in [9.17, 15) is 9.59 Å². The minimum absolute atomic E-state index is 0.117. The predicted molar refractivity (Wildman–Crippen MR) is 107 cm³/mol. The van der Waals surface area contributed by atoms with Crippen LogP contribution in [0.3, 0.4) is 0 Å². The maximum Gasteiger partial charge on any atom is 0.256 e. The topological polar surface area (TPSA) is 93.9 Å². The highest BCUT2D eigenvalue weighted by atomic mass is 16.5. The maximum atomic E-state index is 13.2. The Morgan fingerprint density at radius 2 is 1.64 bits per heavy atom. The van der Waals surface area contributed by atoms with Gasteiger partial charge in [0.25, 0.3) is 11.8 Å². The molecule has 0 unspecified atom stereocenters. The Bertz CT molecular complexity index is 846. The lowest BCUT2D eigenvalue weighted by Gasteiger charge is -2.31. The van der Waals surface area contributed by atoms with Gasteiger partial charge in [0.1, 0.15) is 0 Å². The van der Waals surface area contributed by atoms with Crippen molar-refractivity contribution in [3.8, 4) is 11.5 Å². The molecule has 2 aromatic carbocycles. The van der Waals surface area contributed by atoms with Gasteiger partial charge in [0.2, 0.25) is 0 Å². The molecule has 1 aliphatic heterocycles. The molecule has 28 heavy (non-hydrogen) atoms. The van der Waals surface area contributed by atoms with E-state index in [1.165, 1.54) is 14.2 Å². The molecule has 0 aliphatic carbocycles. The third-order valence-electron chi connectivity index (χ3n) is 4.87. The average Bonchev–Trinajstić information content (AvgIpc) is 2.74. The zero-order chi connectivity index (χ0) is 20.1. The molecule has 2 amide bonds. The third-order valence-corrected chi connectivity index (χ3v) is 4.87. The first-order chi connectivity index (χ1) is 13.5. The molecule has 3 N–H and O–H groups in total. The fourth-order valence-corrected chi connectivity index (χ4v) is 3.22. The third kappa shape index (κ3) is 4.26. The number of ether oxygens (including phenoxy) is 2. The van der Waals surface area contributed by atoms with Gasteiger partial charge in [-0.25, -0.2) is 0 Å². The molecular formula is C21H25N3O4. The molecule has 0 saturated carbocycles. The number of nitrogens with zero attached hydrogens (tertiary/aromatic N) is 1. The van der Waals surface area contributed by atoms with Crippen molar-refractivity contribution in [2.24, 2.45) is 5.73 Å². The highest BCUT2D eigenvalue weighted by Crippen LogP contribution is 2.34. The van der Waals surface area contributed by atoms with Gasteiger partial charge in [0.05, 0.1) is 25.5 Å². The van der Waals surface area contributed by atoms with Crippen molar-refractivity contribution in [3.63, 3.8) is 0 Å². The molecule has 2 aromatic rings. The van der Waals surface area contributed by atoms with Crippen LogP contribution in [0.15, 0.2) is 42.5 Å². The molecule has 3 rings (SSSR count). The summed E-state index contributed by atoms with van der Waals surface area (Å²) in [7, 11) is 3.02. The van der Waals surface area contributed by atoms with Crippen LogP contribution in [0.5, 0.6) is 11.5 Å². The highest BCUT2D eigenvalue weighted by molar-refractivity contribution is 6.09. The summed E-state index contributed by atoms with van der Waals surface area (Å²) in [4.78, 5) is 27.5. The number of hydrogen-bond acceptors (Lipinski definition) is 5. The van der Waals surface area contributed by atoms with Gasteiger partial charge in [0.15, 0.2) is 11.5 Å². The molecule has 7 nitrogen and oxygen atoms in total. The Hall–Kier alpha value is -3.06. The first-order valence-electron chi connectivity index (χ1n) is 9.20. The van der Waals surface area contributed by atoms with Gasteiger partial charge in [-0.3, -0.25) is 9.59 Å². The Morgan fingerprint density at radius 3 is 2.25 bits per heavy atom. The van der Waals surface area contributed by atoms with Gasteiger partial charge in [-0.2, -0.15) is 0 Å². The lowest BCUT2D eigenvalue weighted by atomic mass is 10.0. The Balaban J connectivity index is 1.94. The van der Waals surface area contributed by atoms with Crippen LogP contribution in [0.1, 0.15) is 33.6 Å². The van der Waals surface area contributed by atoms with Crippen molar-refractivity contribution in [3.05, 3.63) is 53.6 Å². The molecule has 7 heteroatoms. The summed E-state index contributed by atoms with van der Waals surface area (Å²) in [5.74, 6) is 0.388. The van der Waals surface area contributed by atoms with Crippen molar-refractivity contribution in [1.82, 2.24) is 4.90 Å². The van der Waals surface area contributed by atoms with Gasteiger partial charge in [-0.05, 0) is 31.0 Å². The number of amides is 2. The van der Waals surface area contributed by atoms with Crippen LogP contribution in [0.2, 0.25) is 0 Å². The van der Waals surface area contributed by atoms with E-state index < -0.39 is 0 Å². The molecule has 0 radical (unpaired) electrons. The van der Waals surface area contributed by atoms with E-state index in [1.807, 2.05) is 6.07 Å². The van der Waals surface area contributed by atoms with Crippen LogP contribution in [0, 0.1) is 0 Å². The number of hydrogen-bond donors (Lipinski definition) is 2. The molecule has 0 atom stereocenters. The maximum absolute atomic E-state index is 13.2. The van der Waals surface area contributed by atoms with Crippen molar-refractivity contribution in [2.45, 2.75) is 18.9 Å². The van der Waals surface area contributed by atoms with Crippen molar-refractivity contribution < 1.29 is 19.1 Å². The lowest BCUT2D eigenvalue weighted by molar-refractivity contribution is 0.0715. The normalized spacial score (nSPS) is 14.5. The number of rotatable bonds is 5. The minimum Gasteiger partial charge on any atom is -0.493 e. The number of anilines is 1. The number of carbonyl (C=O) groups is 2. The van der Waals surface area contributed by atoms with Crippen molar-refractivity contribution in [1.29, 1.82) is 0 Å². The summed E-state index contributed by atoms with van der Waals surface area (Å²) in [6, 6.07) is 12.2. The average molecular weight is 383 g/mol.